The van der Waals surface area contributed by atoms with Crippen molar-refractivity contribution in [2.45, 2.75) is 33.8 Å². The maximum absolute atomic E-state index is 12.7. The van der Waals surface area contributed by atoms with Gasteiger partial charge in [-0.15, -0.1) is 0 Å². The molecule has 8 nitrogen and oxygen atoms in total. The molecule has 2 aromatic heterocycles. The van der Waals surface area contributed by atoms with E-state index >= 15 is 0 Å². The number of esters is 1. The third-order valence-electron chi connectivity index (χ3n) is 4.52. The highest BCUT2D eigenvalue weighted by Gasteiger charge is 2.23. The molecule has 162 valence electrons. The van der Waals surface area contributed by atoms with E-state index in [1.165, 1.54) is 14.0 Å². The second-order valence-corrected chi connectivity index (χ2v) is 7.49. The van der Waals surface area contributed by atoms with Gasteiger partial charge >= 0.3 is 5.97 Å². The molecule has 1 atom stereocenters. The van der Waals surface area contributed by atoms with Gasteiger partial charge < -0.3 is 14.8 Å². The smallest absolute Gasteiger partial charge is 0.359 e. The number of aryl methyl sites for hydroxylation is 3. The molecule has 3 aromatic rings. The summed E-state index contributed by atoms with van der Waals surface area (Å²) < 4.78 is 12.2. The topological polar surface area (TPSA) is 95.3 Å². The van der Waals surface area contributed by atoms with Crippen LogP contribution in [0.3, 0.4) is 0 Å². The quantitative estimate of drug-likeness (QED) is 0.579. The summed E-state index contributed by atoms with van der Waals surface area (Å²) in [7, 11) is 1.51. The number of benzene rings is 1. The number of nitrogens with one attached hydrogen (secondary N) is 1. The minimum absolute atomic E-state index is 0.0977. The molecule has 0 spiro atoms. The van der Waals surface area contributed by atoms with Crippen LogP contribution in [-0.2, 0) is 9.53 Å². The molecule has 0 aliphatic rings. The van der Waals surface area contributed by atoms with Crippen molar-refractivity contribution < 1.29 is 19.1 Å². The van der Waals surface area contributed by atoms with Gasteiger partial charge in [0.25, 0.3) is 5.91 Å². The predicted octanol–water partition coefficient (Wildman–Crippen LogP) is 4.04. The lowest BCUT2D eigenvalue weighted by Gasteiger charge is -2.16. The van der Waals surface area contributed by atoms with Crippen LogP contribution < -0.4 is 10.1 Å². The van der Waals surface area contributed by atoms with E-state index in [1.54, 1.807) is 28.9 Å². The van der Waals surface area contributed by atoms with Gasteiger partial charge in [0, 0.05) is 5.69 Å². The zero-order chi connectivity index (χ0) is 22.7. The molecule has 0 aliphatic heterocycles. The number of carbonyl (C=O) groups is 2. The molecule has 1 unspecified atom stereocenters. The maximum Gasteiger partial charge on any atom is 0.359 e. The molecular weight excluding hydrogens is 420 g/mol. The number of carbonyl (C=O) groups excluding carboxylic acids is 2. The number of anilines is 1. The van der Waals surface area contributed by atoms with E-state index in [0.29, 0.717) is 17.3 Å². The van der Waals surface area contributed by atoms with Crippen LogP contribution in [0.5, 0.6) is 5.75 Å². The highest BCUT2D eigenvalue weighted by atomic mass is 35.5. The summed E-state index contributed by atoms with van der Waals surface area (Å²) in [6.07, 6.45) is -1.09. The van der Waals surface area contributed by atoms with E-state index in [0.717, 1.165) is 17.0 Å². The molecule has 2 heterocycles. The first-order chi connectivity index (χ1) is 14.7. The van der Waals surface area contributed by atoms with Crippen LogP contribution in [0.2, 0.25) is 5.02 Å². The van der Waals surface area contributed by atoms with Crippen molar-refractivity contribution in [1.82, 2.24) is 14.8 Å². The first-order valence-corrected chi connectivity index (χ1v) is 9.94. The van der Waals surface area contributed by atoms with Gasteiger partial charge in [-0.1, -0.05) is 17.7 Å². The zero-order valence-corrected chi connectivity index (χ0v) is 18.6. The van der Waals surface area contributed by atoms with Gasteiger partial charge in [0.15, 0.2) is 17.6 Å². The second kappa shape index (κ2) is 9.18. The van der Waals surface area contributed by atoms with E-state index in [2.05, 4.69) is 15.4 Å². The molecule has 0 saturated carbocycles. The fourth-order valence-electron chi connectivity index (χ4n) is 2.98. The standard InChI is InChI=1S/C22H23ClN4O4/c1-12-6-8-18(30-5)17(10-12)24-21(28)15(4)31-22(29)20-16(23)7-9-19(25-20)27-14(3)11-13(2)26-27/h6-11,15H,1-5H3,(H,24,28). The number of halogens is 1. The molecule has 0 aliphatic carbocycles. The Labute approximate surface area is 185 Å². The third-order valence-corrected chi connectivity index (χ3v) is 4.82. The van der Waals surface area contributed by atoms with Gasteiger partial charge in [-0.25, -0.2) is 14.5 Å². The summed E-state index contributed by atoms with van der Waals surface area (Å²) in [4.78, 5) is 29.5. The highest BCUT2D eigenvalue weighted by Crippen LogP contribution is 2.25. The van der Waals surface area contributed by atoms with Crippen molar-refractivity contribution in [3.63, 3.8) is 0 Å². The van der Waals surface area contributed by atoms with Crippen molar-refractivity contribution in [1.29, 1.82) is 0 Å². The van der Waals surface area contributed by atoms with E-state index < -0.39 is 18.0 Å². The molecule has 0 radical (unpaired) electrons. The van der Waals surface area contributed by atoms with Gasteiger partial charge in [0.2, 0.25) is 0 Å². The van der Waals surface area contributed by atoms with Gasteiger partial charge in [0.1, 0.15) is 5.75 Å². The van der Waals surface area contributed by atoms with Crippen molar-refractivity contribution in [3.05, 3.63) is 64.1 Å². The third kappa shape index (κ3) is 5.03. The molecule has 1 aromatic carbocycles. The summed E-state index contributed by atoms with van der Waals surface area (Å²) >= 11 is 6.16. The number of nitrogens with zero attached hydrogens (tertiary/aromatic N) is 3. The Morgan fingerprint density at radius 2 is 1.87 bits per heavy atom. The average Bonchev–Trinajstić information content (AvgIpc) is 3.06. The second-order valence-electron chi connectivity index (χ2n) is 7.08. The molecule has 0 fully saturated rings. The van der Waals surface area contributed by atoms with Crippen molar-refractivity contribution in [2.75, 3.05) is 12.4 Å². The van der Waals surface area contributed by atoms with Crippen molar-refractivity contribution in [3.8, 4) is 11.6 Å². The molecular formula is C22H23ClN4O4. The molecule has 1 amide bonds. The lowest BCUT2D eigenvalue weighted by molar-refractivity contribution is -0.123. The van der Waals surface area contributed by atoms with E-state index in [4.69, 9.17) is 21.1 Å². The summed E-state index contributed by atoms with van der Waals surface area (Å²) in [6, 6.07) is 10.5. The first kappa shape index (κ1) is 22.3. The summed E-state index contributed by atoms with van der Waals surface area (Å²) in [6.45, 7) is 7.09. The number of aromatic nitrogens is 3. The number of amides is 1. The van der Waals surface area contributed by atoms with Crippen LogP contribution >= 0.6 is 11.6 Å². The highest BCUT2D eigenvalue weighted by molar-refractivity contribution is 6.33. The first-order valence-electron chi connectivity index (χ1n) is 9.56. The average molecular weight is 443 g/mol. The van der Waals surface area contributed by atoms with Crippen LogP contribution in [0.4, 0.5) is 5.69 Å². The number of hydrogen-bond donors (Lipinski definition) is 1. The van der Waals surface area contributed by atoms with Crippen molar-refractivity contribution in [2.24, 2.45) is 0 Å². The number of hydrogen-bond acceptors (Lipinski definition) is 6. The number of methoxy groups -OCH3 is 1. The van der Waals surface area contributed by atoms with Crippen LogP contribution in [0.15, 0.2) is 36.4 Å². The monoisotopic (exact) mass is 442 g/mol. The van der Waals surface area contributed by atoms with Gasteiger partial charge in [-0.2, -0.15) is 5.10 Å². The Kier molecular flexibility index (Phi) is 6.60. The SMILES string of the molecule is COc1ccc(C)cc1NC(=O)C(C)OC(=O)c1nc(-n2nc(C)cc2C)ccc1Cl. The van der Waals surface area contributed by atoms with Gasteiger partial charge in [-0.05, 0) is 63.6 Å². The zero-order valence-electron chi connectivity index (χ0n) is 17.9. The minimum Gasteiger partial charge on any atom is -0.495 e. The van der Waals surface area contributed by atoms with Gasteiger partial charge in [-0.3, -0.25) is 4.79 Å². The Balaban J connectivity index is 1.76. The van der Waals surface area contributed by atoms with Crippen LogP contribution in [0.1, 0.15) is 34.4 Å². The Hall–Kier alpha value is -3.39. The predicted molar refractivity (Wildman–Crippen MR) is 117 cm³/mol. The summed E-state index contributed by atoms with van der Waals surface area (Å²) in [5.74, 6) is -0.404. The lowest BCUT2D eigenvalue weighted by atomic mass is 10.2. The number of rotatable bonds is 6. The van der Waals surface area contributed by atoms with E-state index in [9.17, 15) is 9.59 Å². The minimum atomic E-state index is -1.09. The number of ether oxygens (including phenoxy) is 2. The maximum atomic E-state index is 12.7. The molecule has 0 saturated heterocycles. The normalized spacial score (nSPS) is 11.7. The largest absolute Gasteiger partial charge is 0.495 e. The molecule has 1 N–H and O–H groups in total. The Morgan fingerprint density at radius 3 is 2.52 bits per heavy atom. The number of pyridine rings is 1. The molecule has 3 rings (SSSR count). The van der Waals surface area contributed by atoms with Crippen LogP contribution in [0, 0.1) is 20.8 Å². The van der Waals surface area contributed by atoms with Crippen LogP contribution in [-0.4, -0.2) is 39.9 Å². The van der Waals surface area contributed by atoms with Crippen LogP contribution in [0.25, 0.3) is 5.82 Å². The van der Waals surface area contributed by atoms with E-state index in [1.807, 2.05) is 32.9 Å². The molecule has 31 heavy (non-hydrogen) atoms. The fraction of sp³-hybridized carbons (Fsp3) is 0.273. The molecule has 9 heteroatoms. The van der Waals surface area contributed by atoms with Gasteiger partial charge in [0.05, 0.1) is 23.5 Å². The summed E-state index contributed by atoms with van der Waals surface area (Å²) in [5.41, 5.74) is 3.00. The van der Waals surface area contributed by atoms with Crippen molar-refractivity contribution >= 4 is 29.2 Å². The lowest BCUT2D eigenvalue weighted by Crippen LogP contribution is -2.30. The summed E-state index contributed by atoms with van der Waals surface area (Å²) in [5, 5.41) is 7.18. The van der Waals surface area contributed by atoms with E-state index in [-0.39, 0.29) is 10.7 Å². The Bertz CT molecular complexity index is 1140. The Morgan fingerprint density at radius 1 is 1.13 bits per heavy atom. The molecule has 0 bridgehead atoms. The fourth-order valence-corrected chi connectivity index (χ4v) is 3.16.